The summed E-state index contributed by atoms with van der Waals surface area (Å²) < 4.78 is 5.91. The van der Waals surface area contributed by atoms with Crippen molar-refractivity contribution in [2.24, 2.45) is 4.99 Å². The van der Waals surface area contributed by atoms with Gasteiger partial charge in [-0.2, -0.15) is 0 Å². The van der Waals surface area contributed by atoms with E-state index in [1.165, 1.54) is 23.9 Å². The van der Waals surface area contributed by atoms with Crippen molar-refractivity contribution >= 4 is 16.7 Å². The van der Waals surface area contributed by atoms with E-state index >= 15 is 0 Å². The van der Waals surface area contributed by atoms with Crippen LogP contribution in [0.3, 0.4) is 0 Å². The topological polar surface area (TPSA) is 52.1 Å². The van der Waals surface area contributed by atoms with Gasteiger partial charge in [0.15, 0.2) is 5.96 Å². The highest BCUT2D eigenvalue weighted by atomic mass is 16.5. The van der Waals surface area contributed by atoms with Crippen LogP contribution in [-0.2, 0) is 0 Å². The SMILES string of the molecule is CCNC(=NCCCOc1ccc2ccccc2c1)NCCN1CCN(CC)CC1. The molecule has 0 unspecified atom stereocenters. The van der Waals surface area contributed by atoms with Gasteiger partial charge in [0.25, 0.3) is 0 Å². The van der Waals surface area contributed by atoms with Crippen LogP contribution < -0.4 is 15.4 Å². The summed E-state index contributed by atoms with van der Waals surface area (Å²) in [6, 6.07) is 14.6. The van der Waals surface area contributed by atoms with E-state index in [2.05, 4.69) is 70.7 Å². The van der Waals surface area contributed by atoms with Gasteiger partial charge in [-0.05, 0) is 36.4 Å². The average Bonchev–Trinajstić information content (AvgIpc) is 2.79. The van der Waals surface area contributed by atoms with Gasteiger partial charge in [0.1, 0.15) is 5.75 Å². The molecule has 1 heterocycles. The van der Waals surface area contributed by atoms with Crippen LogP contribution in [0.2, 0.25) is 0 Å². The molecule has 0 aliphatic carbocycles. The van der Waals surface area contributed by atoms with Crippen molar-refractivity contribution in [1.82, 2.24) is 20.4 Å². The van der Waals surface area contributed by atoms with Gasteiger partial charge in [-0.15, -0.1) is 0 Å². The highest BCUT2D eigenvalue weighted by Crippen LogP contribution is 2.20. The third-order valence-electron chi connectivity index (χ3n) is 5.54. The van der Waals surface area contributed by atoms with Gasteiger partial charge in [-0.25, -0.2) is 0 Å². The Hall–Kier alpha value is -2.31. The number of nitrogens with one attached hydrogen (secondary N) is 2. The number of rotatable bonds is 10. The lowest BCUT2D eigenvalue weighted by Gasteiger charge is -2.34. The van der Waals surface area contributed by atoms with Crippen LogP contribution in [0.25, 0.3) is 10.8 Å². The molecule has 0 bridgehead atoms. The van der Waals surface area contributed by atoms with Crippen LogP contribution in [0.15, 0.2) is 47.5 Å². The van der Waals surface area contributed by atoms with Gasteiger partial charge in [0.05, 0.1) is 6.61 Å². The Morgan fingerprint density at radius 3 is 2.50 bits per heavy atom. The minimum atomic E-state index is 0.670. The van der Waals surface area contributed by atoms with Crippen LogP contribution >= 0.6 is 0 Å². The second-order valence-corrected chi connectivity index (χ2v) is 7.67. The Balaban J connectivity index is 1.34. The maximum atomic E-state index is 5.91. The molecule has 0 saturated carbocycles. The summed E-state index contributed by atoms with van der Waals surface area (Å²) in [5.74, 6) is 1.82. The van der Waals surface area contributed by atoms with Gasteiger partial charge >= 0.3 is 0 Å². The summed E-state index contributed by atoms with van der Waals surface area (Å²) >= 11 is 0. The zero-order valence-corrected chi connectivity index (χ0v) is 18.6. The smallest absolute Gasteiger partial charge is 0.191 e. The fourth-order valence-corrected chi connectivity index (χ4v) is 3.71. The maximum absolute atomic E-state index is 5.91. The molecule has 3 rings (SSSR count). The maximum Gasteiger partial charge on any atom is 0.191 e. The Morgan fingerprint density at radius 1 is 0.967 bits per heavy atom. The second kappa shape index (κ2) is 12.4. The third-order valence-corrected chi connectivity index (χ3v) is 5.54. The van der Waals surface area contributed by atoms with Crippen LogP contribution in [0.5, 0.6) is 5.75 Å². The van der Waals surface area contributed by atoms with Gasteiger partial charge in [0.2, 0.25) is 0 Å². The summed E-state index contributed by atoms with van der Waals surface area (Å²) in [6.07, 6.45) is 0.891. The molecular weight excluding hydrogens is 374 g/mol. The minimum Gasteiger partial charge on any atom is -0.494 e. The number of aliphatic imine (C=N–C) groups is 1. The van der Waals surface area contributed by atoms with Crippen LogP contribution in [0.4, 0.5) is 0 Å². The molecule has 1 saturated heterocycles. The second-order valence-electron chi connectivity index (χ2n) is 7.67. The van der Waals surface area contributed by atoms with E-state index in [1.807, 2.05) is 6.07 Å². The van der Waals surface area contributed by atoms with Gasteiger partial charge in [-0.3, -0.25) is 9.89 Å². The number of benzene rings is 2. The number of likely N-dealkylation sites (N-methyl/N-ethyl adjacent to an activating group) is 1. The van der Waals surface area contributed by atoms with E-state index in [9.17, 15) is 0 Å². The first-order valence-electron chi connectivity index (χ1n) is 11.4. The molecule has 1 aliphatic rings. The lowest BCUT2D eigenvalue weighted by Crippen LogP contribution is -2.49. The Bertz CT molecular complexity index is 786. The van der Waals surface area contributed by atoms with Crippen molar-refractivity contribution in [3.05, 3.63) is 42.5 Å². The average molecular weight is 412 g/mol. The normalized spacial score (nSPS) is 16.0. The number of fused-ring (bicyclic) bond motifs is 1. The fraction of sp³-hybridized carbons (Fsp3) is 0.542. The molecule has 0 aromatic heterocycles. The van der Waals surface area contributed by atoms with Crippen LogP contribution in [0.1, 0.15) is 20.3 Å². The Kier molecular flexibility index (Phi) is 9.25. The molecular formula is C24H37N5O. The molecule has 2 N–H and O–H groups in total. The summed E-state index contributed by atoms with van der Waals surface area (Å²) in [7, 11) is 0. The standard InChI is InChI=1S/C24H37N5O/c1-3-25-24(27-13-14-29-17-15-28(4-2)16-18-29)26-12-7-19-30-23-11-10-21-8-5-6-9-22(21)20-23/h5-6,8-11,20H,3-4,7,12-19H2,1-2H3,(H2,25,26,27). The first-order chi connectivity index (χ1) is 14.8. The fourth-order valence-electron chi connectivity index (χ4n) is 3.71. The molecule has 1 aliphatic heterocycles. The Labute approximate surface area is 181 Å². The highest BCUT2D eigenvalue weighted by molar-refractivity contribution is 5.83. The molecule has 0 amide bonds. The van der Waals surface area contributed by atoms with E-state index in [1.54, 1.807) is 0 Å². The monoisotopic (exact) mass is 411 g/mol. The molecule has 0 atom stereocenters. The van der Waals surface area contributed by atoms with Gasteiger partial charge in [-0.1, -0.05) is 37.3 Å². The molecule has 2 aromatic carbocycles. The first-order valence-corrected chi connectivity index (χ1v) is 11.4. The van der Waals surface area contributed by atoms with E-state index in [-0.39, 0.29) is 0 Å². The molecule has 164 valence electrons. The van der Waals surface area contributed by atoms with Crippen LogP contribution in [0, 0.1) is 0 Å². The quantitative estimate of drug-likeness (QED) is 0.358. The van der Waals surface area contributed by atoms with E-state index in [4.69, 9.17) is 9.73 Å². The third kappa shape index (κ3) is 7.18. The summed E-state index contributed by atoms with van der Waals surface area (Å²) in [5.41, 5.74) is 0. The number of nitrogens with zero attached hydrogens (tertiary/aromatic N) is 3. The summed E-state index contributed by atoms with van der Waals surface area (Å²) in [4.78, 5) is 9.73. The number of ether oxygens (including phenoxy) is 1. The number of piperazine rings is 1. The number of hydrogen-bond acceptors (Lipinski definition) is 4. The molecule has 30 heavy (non-hydrogen) atoms. The van der Waals surface area contributed by atoms with E-state index in [0.29, 0.717) is 6.61 Å². The number of hydrogen-bond donors (Lipinski definition) is 2. The lowest BCUT2D eigenvalue weighted by atomic mass is 10.1. The number of guanidine groups is 1. The van der Waals surface area contributed by atoms with Crippen LogP contribution in [-0.4, -0.2) is 81.3 Å². The summed E-state index contributed by atoms with van der Waals surface area (Å²) in [5, 5.41) is 9.25. The van der Waals surface area contributed by atoms with Crippen molar-refractivity contribution in [3.8, 4) is 5.75 Å². The van der Waals surface area contributed by atoms with E-state index in [0.717, 1.165) is 63.9 Å². The largest absolute Gasteiger partial charge is 0.494 e. The minimum absolute atomic E-state index is 0.670. The van der Waals surface area contributed by atoms with Crippen molar-refractivity contribution < 1.29 is 4.74 Å². The summed E-state index contributed by atoms with van der Waals surface area (Å²) in [6.45, 7) is 14.5. The molecule has 0 spiro atoms. The van der Waals surface area contributed by atoms with Crippen molar-refractivity contribution in [2.45, 2.75) is 20.3 Å². The Morgan fingerprint density at radius 2 is 1.73 bits per heavy atom. The predicted molar refractivity (Wildman–Crippen MR) is 127 cm³/mol. The predicted octanol–water partition coefficient (Wildman–Crippen LogP) is 2.80. The molecule has 6 heteroatoms. The zero-order valence-electron chi connectivity index (χ0n) is 18.6. The highest BCUT2D eigenvalue weighted by Gasteiger charge is 2.14. The first kappa shape index (κ1) is 22.4. The van der Waals surface area contributed by atoms with Crippen molar-refractivity contribution in [1.29, 1.82) is 0 Å². The van der Waals surface area contributed by atoms with Gasteiger partial charge in [0, 0.05) is 58.8 Å². The molecule has 0 radical (unpaired) electrons. The lowest BCUT2D eigenvalue weighted by molar-refractivity contribution is 0.139. The molecule has 6 nitrogen and oxygen atoms in total. The van der Waals surface area contributed by atoms with Crippen molar-refractivity contribution in [3.63, 3.8) is 0 Å². The van der Waals surface area contributed by atoms with Crippen molar-refractivity contribution in [2.75, 3.05) is 65.5 Å². The molecule has 1 fully saturated rings. The van der Waals surface area contributed by atoms with Gasteiger partial charge < -0.3 is 20.3 Å². The van der Waals surface area contributed by atoms with E-state index < -0.39 is 0 Å². The molecule has 2 aromatic rings. The zero-order chi connectivity index (χ0) is 21.0.